The van der Waals surface area contributed by atoms with Crippen molar-refractivity contribution in [2.45, 2.75) is 46.1 Å². The minimum Gasteiger partial charge on any atom is -0.309 e. The zero-order chi connectivity index (χ0) is 12.0. The van der Waals surface area contributed by atoms with Gasteiger partial charge in [-0.15, -0.1) is 0 Å². The molecule has 0 aliphatic carbocycles. The van der Waals surface area contributed by atoms with E-state index in [0.29, 0.717) is 6.04 Å². The third kappa shape index (κ3) is 3.34. The molecular weight excluding hydrogens is 198 g/mol. The third-order valence-corrected chi connectivity index (χ3v) is 3.39. The van der Waals surface area contributed by atoms with E-state index in [2.05, 4.69) is 37.3 Å². The molecule has 0 aromatic carbocycles. The van der Waals surface area contributed by atoms with Gasteiger partial charge in [-0.25, -0.2) is 0 Å². The molecule has 92 valence electrons. The SMILES string of the molecule is CCNC(CC(CC)CC)c1ccnn1C. The summed E-state index contributed by atoms with van der Waals surface area (Å²) in [5.41, 5.74) is 1.30. The van der Waals surface area contributed by atoms with Crippen LogP contribution in [0.1, 0.15) is 51.8 Å². The quantitative estimate of drug-likeness (QED) is 0.770. The predicted octanol–water partition coefficient (Wildman–Crippen LogP) is 2.90. The van der Waals surface area contributed by atoms with Crippen molar-refractivity contribution in [2.24, 2.45) is 13.0 Å². The van der Waals surface area contributed by atoms with Crippen LogP contribution in [-0.4, -0.2) is 16.3 Å². The summed E-state index contributed by atoms with van der Waals surface area (Å²) in [6.07, 6.45) is 5.61. The zero-order valence-electron chi connectivity index (χ0n) is 11.0. The molecule has 3 heteroatoms. The maximum absolute atomic E-state index is 4.26. The average Bonchev–Trinajstić information content (AvgIpc) is 2.71. The highest BCUT2D eigenvalue weighted by atomic mass is 15.3. The minimum atomic E-state index is 0.447. The Morgan fingerprint density at radius 3 is 2.44 bits per heavy atom. The highest BCUT2D eigenvalue weighted by molar-refractivity contribution is 5.06. The van der Waals surface area contributed by atoms with Gasteiger partial charge in [0.15, 0.2) is 0 Å². The molecule has 0 amide bonds. The lowest BCUT2D eigenvalue weighted by molar-refractivity contribution is 0.363. The van der Waals surface area contributed by atoms with Crippen molar-refractivity contribution >= 4 is 0 Å². The second-order valence-electron chi connectivity index (χ2n) is 4.41. The molecule has 0 radical (unpaired) electrons. The Morgan fingerprint density at radius 1 is 1.31 bits per heavy atom. The average molecular weight is 223 g/mol. The van der Waals surface area contributed by atoms with E-state index in [1.807, 2.05) is 17.9 Å². The van der Waals surface area contributed by atoms with Gasteiger partial charge in [-0.05, 0) is 24.9 Å². The van der Waals surface area contributed by atoms with Crippen molar-refractivity contribution in [3.05, 3.63) is 18.0 Å². The van der Waals surface area contributed by atoms with Crippen LogP contribution in [-0.2, 0) is 7.05 Å². The normalized spacial score (nSPS) is 13.3. The molecule has 16 heavy (non-hydrogen) atoms. The van der Waals surface area contributed by atoms with Crippen LogP contribution in [0.2, 0.25) is 0 Å². The standard InChI is InChI=1S/C13H25N3/c1-5-11(6-2)10-12(14-7-3)13-8-9-15-16(13)4/h8-9,11-12,14H,5-7,10H2,1-4H3. The molecule has 1 rings (SSSR count). The number of rotatable bonds is 7. The lowest BCUT2D eigenvalue weighted by Crippen LogP contribution is -2.25. The first-order valence-electron chi connectivity index (χ1n) is 6.44. The van der Waals surface area contributed by atoms with E-state index in [9.17, 15) is 0 Å². The van der Waals surface area contributed by atoms with Crippen molar-refractivity contribution < 1.29 is 0 Å². The molecule has 0 bridgehead atoms. The van der Waals surface area contributed by atoms with Crippen molar-refractivity contribution in [1.29, 1.82) is 0 Å². The molecule has 0 spiro atoms. The zero-order valence-corrected chi connectivity index (χ0v) is 11.0. The van der Waals surface area contributed by atoms with Gasteiger partial charge in [0.2, 0.25) is 0 Å². The van der Waals surface area contributed by atoms with Gasteiger partial charge in [0.1, 0.15) is 0 Å². The molecule has 1 unspecified atom stereocenters. The lowest BCUT2D eigenvalue weighted by atomic mass is 9.93. The summed E-state index contributed by atoms with van der Waals surface area (Å²) < 4.78 is 1.98. The second kappa shape index (κ2) is 6.69. The smallest absolute Gasteiger partial charge is 0.0550 e. The van der Waals surface area contributed by atoms with Crippen LogP contribution in [0, 0.1) is 5.92 Å². The molecule has 1 atom stereocenters. The van der Waals surface area contributed by atoms with Crippen LogP contribution < -0.4 is 5.32 Å². The number of hydrogen-bond donors (Lipinski definition) is 1. The fourth-order valence-electron chi connectivity index (χ4n) is 2.24. The summed E-state index contributed by atoms with van der Waals surface area (Å²) in [5, 5.41) is 7.82. The highest BCUT2D eigenvalue weighted by Gasteiger charge is 2.17. The van der Waals surface area contributed by atoms with Crippen LogP contribution in [0.5, 0.6) is 0 Å². The van der Waals surface area contributed by atoms with Gasteiger partial charge in [0, 0.05) is 19.3 Å². The van der Waals surface area contributed by atoms with Gasteiger partial charge < -0.3 is 5.32 Å². The molecule has 0 fully saturated rings. The van der Waals surface area contributed by atoms with E-state index in [4.69, 9.17) is 0 Å². The minimum absolute atomic E-state index is 0.447. The number of aromatic nitrogens is 2. The van der Waals surface area contributed by atoms with E-state index in [0.717, 1.165) is 12.5 Å². The molecule has 1 aromatic heterocycles. The van der Waals surface area contributed by atoms with E-state index in [-0.39, 0.29) is 0 Å². The summed E-state index contributed by atoms with van der Waals surface area (Å²) in [4.78, 5) is 0. The maximum Gasteiger partial charge on any atom is 0.0550 e. The Morgan fingerprint density at radius 2 is 2.00 bits per heavy atom. The first-order valence-corrected chi connectivity index (χ1v) is 6.44. The molecule has 3 nitrogen and oxygen atoms in total. The predicted molar refractivity (Wildman–Crippen MR) is 68.3 cm³/mol. The van der Waals surface area contributed by atoms with Crippen LogP contribution in [0.25, 0.3) is 0 Å². The first-order chi connectivity index (χ1) is 7.72. The summed E-state index contributed by atoms with van der Waals surface area (Å²) in [6.45, 7) is 7.73. The van der Waals surface area contributed by atoms with Gasteiger partial charge in [0.25, 0.3) is 0 Å². The first kappa shape index (κ1) is 13.2. The Balaban J connectivity index is 2.71. The molecule has 1 N–H and O–H groups in total. The largest absolute Gasteiger partial charge is 0.309 e. The van der Waals surface area contributed by atoms with Crippen LogP contribution in [0.15, 0.2) is 12.3 Å². The van der Waals surface area contributed by atoms with E-state index in [1.54, 1.807) is 0 Å². The van der Waals surface area contributed by atoms with Crippen LogP contribution in [0.3, 0.4) is 0 Å². The molecule has 1 aromatic rings. The van der Waals surface area contributed by atoms with Crippen molar-refractivity contribution in [2.75, 3.05) is 6.54 Å². The fraction of sp³-hybridized carbons (Fsp3) is 0.769. The summed E-state index contributed by atoms with van der Waals surface area (Å²) in [5.74, 6) is 0.805. The number of nitrogens with one attached hydrogen (secondary N) is 1. The van der Waals surface area contributed by atoms with Gasteiger partial charge in [-0.2, -0.15) is 5.10 Å². The van der Waals surface area contributed by atoms with Crippen LogP contribution >= 0.6 is 0 Å². The van der Waals surface area contributed by atoms with E-state index in [1.165, 1.54) is 25.0 Å². The maximum atomic E-state index is 4.26. The number of aryl methyl sites for hydroxylation is 1. The van der Waals surface area contributed by atoms with Crippen molar-refractivity contribution in [3.8, 4) is 0 Å². The van der Waals surface area contributed by atoms with Gasteiger partial charge in [-0.3, -0.25) is 4.68 Å². The Bertz CT molecular complexity index is 289. The highest BCUT2D eigenvalue weighted by Crippen LogP contribution is 2.24. The van der Waals surface area contributed by atoms with Crippen LogP contribution in [0.4, 0.5) is 0 Å². The topological polar surface area (TPSA) is 29.9 Å². The van der Waals surface area contributed by atoms with Crippen molar-refractivity contribution in [1.82, 2.24) is 15.1 Å². The van der Waals surface area contributed by atoms with Gasteiger partial charge >= 0.3 is 0 Å². The molecule has 0 saturated heterocycles. The fourth-order valence-corrected chi connectivity index (χ4v) is 2.24. The van der Waals surface area contributed by atoms with Gasteiger partial charge in [0.05, 0.1) is 5.69 Å². The number of hydrogen-bond acceptors (Lipinski definition) is 2. The van der Waals surface area contributed by atoms with E-state index < -0.39 is 0 Å². The molecular formula is C13H25N3. The molecule has 1 heterocycles. The third-order valence-electron chi connectivity index (χ3n) is 3.39. The molecule has 0 aliphatic rings. The summed E-state index contributed by atoms with van der Waals surface area (Å²) >= 11 is 0. The second-order valence-corrected chi connectivity index (χ2v) is 4.41. The molecule has 0 aliphatic heterocycles. The summed E-state index contributed by atoms with van der Waals surface area (Å²) in [6, 6.07) is 2.57. The monoisotopic (exact) mass is 223 g/mol. The lowest BCUT2D eigenvalue weighted by Gasteiger charge is -2.22. The molecule has 0 saturated carbocycles. The van der Waals surface area contributed by atoms with Crippen molar-refractivity contribution in [3.63, 3.8) is 0 Å². The van der Waals surface area contributed by atoms with Gasteiger partial charge in [-0.1, -0.05) is 33.6 Å². The Labute approximate surface area is 99.2 Å². The Kier molecular flexibility index (Phi) is 5.53. The Hall–Kier alpha value is -0.830. The van der Waals surface area contributed by atoms with E-state index >= 15 is 0 Å². The number of nitrogens with zero attached hydrogens (tertiary/aromatic N) is 2. The summed E-state index contributed by atoms with van der Waals surface area (Å²) in [7, 11) is 2.02.